The zero-order valence-corrected chi connectivity index (χ0v) is 18.4. The van der Waals surface area contributed by atoms with E-state index in [2.05, 4.69) is 15.5 Å². The van der Waals surface area contributed by atoms with Crippen LogP contribution in [0.1, 0.15) is 11.4 Å². The van der Waals surface area contributed by atoms with E-state index >= 15 is 0 Å². The molecule has 0 saturated heterocycles. The summed E-state index contributed by atoms with van der Waals surface area (Å²) in [5.41, 5.74) is 1.13. The third kappa shape index (κ3) is 6.40. The van der Waals surface area contributed by atoms with Gasteiger partial charge >= 0.3 is 0 Å². The summed E-state index contributed by atoms with van der Waals surface area (Å²) in [6.45, 7) is 3.08. The van der Waals surface area contributed by atoms with Crippen molar-refractivity contribution in [3.63, 3.8) is 0 Å². The van der Waals surface area contributed by atoms with Crippen molar-refractivity contribution >= 4 is 29.3 Å². The normalized spacial score (nSPS) is 10.6. The Balaban J connectivity index is 1.39. The lowest BCUT2D eigenvalue weighted by Gasteiger charge is -2.09. The number of para-hydroxylation sites is 1. The molecule has 0 aliphatic carbocycles. The highest BCUT2D eigenvalue weighted by molar-refractivity contribution is 7.99. The van der Waals surface area contributed by atoms with Crippen molar-refractivity contribution in [1.29, 1.82) is 0 Å². The van der Waals surface area contributed by atoms with E-state index in [4.69, 9.17) is 21.1 Å². The van der Waals surface area contributed by atoms with E-state index in [1.165, 1.54) is 11.8 Å². The van der Waals surface area contributed by atoms with E-state index in [1.54, 1.807) is 16.7 Å². The second kappa shape index (κ2) is 10.9. The van der Waals surface area contributed by atoms with Gasteiger partial charge in [0.05, 0.1) is 17.3 Å². The molecule has 0 aliphatic rings. The Morgan fingerprint density at radius 2 is 2.00 bits per heavy atom. The maximum absolute atomic E-state index is 12.1. The van der Waals surface area contributed by atoms with Crippen LogP contribution in [0.4, 0.5) is 0 Å². The molecule has 0 aliphatic heterocycles. The minimum absolute atomic E-state index is 0.0929. The Labute approximate surface area is 184 Å². The summed E-state index contributed by atoms with van der Waals surface area (Å²) >= 11 is 7.40. The Morgan fingerprint density at radius 1 is 1.17 bits per heavy atom. The summed E-state index contributed by atoms with van der Waals surface area (Å²) in [6, 6.07) is 15.0. The number of hydrogen-bond donors (Lipinski definition) is 1. The van der Waals surface area contributed by atoms with Gasteiger partial charge in [0.15, 0.2) is 11.0 Å². The van der Waals surface area contributed by atoms with E-state index < -0.39 is 0 Å². The lowest BCUT2D eigenvalue weighted by Crippen LogP contribution is -2.29. The SMILES string of the molecule is Cc1cccc(OCCNC(=O)CSc2nnc(COc3ccccc3Cl)n2C)c1. The van der Waals surface area contributed by atoms with Crippen LogP contribution in [0, 0.1) is 6.92 Å². The molecule has 30 heavy (non-hydrogen) atoms. The molecule has 158 valence electrons. The maximum Gasteiger partial charge on any atom is 0.230 e. The maximum atomic E-state index is 12.1. The van der Waals surface area contributed by atoms with Gasteiger partial charge in [-0.15, -0.1) is 10.2 Å². The van der Waals surface area contributed by atoms with Crippen molar-refractivity contribution in [3.8, 4) is 11.5 Å². The Bertz CT molecular complexity index is 996. The Morgan fingerprint density at radius 3 is 2.80 bits per heavy atom. The molecule has 0 radical (unpaired) electrons. The van der Waals surface area contributed by atoms with Crippen molar-refractivity contribution in [1.82, 2.24) is 20.1 Å². The number of aromatic nitrogens is 3. The largest absolute Gasteiger partial charge is 0.492 e. The van der Waals surface area contributed by atoms with Crippen LogP contribution >= 0.6 is 23.4 Å². The fraction of sp³-hybridized carbons (Fsp3) is 0.286. The summed E-state index contributed by atoms with van der Waals surface area (Å²) in [6.07, 6.45) is 0. The molecule has 0 spiro atoms. The number of thioether (sulfide) groups is 1. The van der Waals surface area contributed by atoms with Gasteiger partial charge in [-0.2, -0.15) is 0 Å². The van der Waals surface area contributed by atoms with Gasteiger partial charge in [-0.3, -0.25) is 4.79 Å². The number of carbonyl (C=O) groups is 1. The summed E-state index contributed by atoms with van der Waals surface area (Å²) in [5.74, 6) is 2.17. The summed E-state index contributed by atoms with van der Waals surface area (Å²) in [5, 5.41) is 12.3. The van der Waals surface area contributed by atoms with Crippen LogP contribution in [0.15, 0.2) is 53.7 Å². The lowest BCUT2D eigenvalue weighted by molar-refractivity contribution is -0.118. The van der Waals surface area contributed by atoms with Crippen LogP contribution in [0.3, 0.4) is 0 Å². The van der Waals surface area contributed by atoms with Crippen molar-refractivity contribution < 1.29 is 14.3 Å². The Hall–Kier alpha value is -2.71. The molecule has 0 fully saturated rings. The predicted octanol–water partition coefficient (Wildman–Crippen LogP) is 3.64. The van der Waals surface area contributed by atoms with Gasteiger partial charge in [0.25, 0.3) is 0 Å². The average Bonchev–Trinajstić information content (AvgIpc) is 3.09. The number of hydrogen-bond acceptors (Lipinski definition) is 6. The quantitative estimate of drug-likeness (QED) is 0.378. The number of rotatable bonds is 10. The van der Waals surface area contributed by atoms with Crippen LogP contribution < -0.4 is 14.8 Å². The first-order valence-electron chi connectivity index (χ1n) is 9.37. The van der Waals surface area contributed by atoms with Gasteiger partial charge in [-0.05, 0) is 36.8 Å². The molecule has 0 saturated carbocycles. The molecular weight excluding hydrogens is 424 g/mol. The zero-order chi connectivity index (χ0) is 21.3. The van der Waals surface area contributed by atoms with E-state index in [0.717, 1.165) is 11.3 Å². The molecule has 7 nitrogen and oxygen atoms in total. The smallest absolute Gasteiger partial charge is 0.230 e. The summed E-state index contributed by atoms with van der Waals surface area (Å²) in [4.78, 5) is 12.1. The van der Waals surface area contributed by atoms with Crippen LogP contribution in [-0.2, 0) is 18.4 Å². The van der Waals surface area contributed by atoms with Crippen molar-refractivity contribution in [2.45, 2.75) is 18.7 Å². The van der Waals surface area contributed by atoms with Crippen LogP contribution in [0.25, 0.3) is 0 Å². The number of carbonyl (C=O) groups excluding carboxylic acids is 1. The molecule has 3 aromatic rings. The standard InChI is InChI=1S/C21H23ClN4O3S/c1-15-6-5-7-16(12-15)28-11-10-23-20(27)14-30-21-25-24-19(26(21)2)13-29-18-9-4-3-8-17(18)22/h3-9,12H,10-11,13-14H2,1-2H3,(H,23,27). The monoisotopic (exact) mass is 446 g/mol. The van der Waals surface area contributed by atoms with Gasteiger partial charge in [-0.1, -0.05) is 47.6 Å². The third-order valence-electron chi connectivity index (χ3n) is 4.13. The second-order valence-corrected chi connectivity index (χ2v) is 7.83. The van der Waals surface area contributed by atoms with E-state index in [1.807, 2.05) is 50.4 Å². The Kier molecular flexibility index (Phi) is 7.98. The molecule has 2 aromatic carbocycles. The first-order valence-corrected chi connectivity index (χ1v) is 10.7. The van der Waals surface area contributed by atoms with Crippen molar-refractivity contribution in [2.24, 2.45) is 7.05 Å². The highest BCUT2D eigenvalue weighted by atomic mass is 35.5. The molecule has 1 heterocycles. The van der Waals surface area contributed by atoms with Gasteiger partial charge in [0, 0.05) is 7.05 Å². The molecule has 0 atom stereocenters. The number of nitrogens with zero attached hydrogens (tertiary/aromatic N) is 3. The van der Waals surface area contributed by atoms with Crippen LogP contribution in [0.2, 0.25) is 5.02 Å². The molecule has 1 aromatic heterocycles. The molecule has 3 rings (SSSR count). The van der Waals surface area contributed by atoms with Gasteiger partial charge < -0.3 is 19.4 Å². The predicted molar refractivity (Wildman–Crippen MR) is 117 cm³/mol. The van der Waals surface area contributed by atoms with Crippen LogP contribution in [-0.4, -0.2) is 39.6 Å². The second-order valence-electron chi connectivity index (χ2n) is 6.48. The zero-order valence-electron chi connectivity index (χ0n) is 16.8. The highest BCUT2D eigenvalue weighted by Crippen LogP contribution is 2.24. The van der Waals surface area contributed by atoms with Gasteiger partial charge in [0.1, 0.15) is 24.7 Å². The first kappa shape index (κ1) is 22.0. The molecule has 9 heteroatoms. The fourth-order valence-corrected chi connectivity index (χ4v) is 3.50. The van der Waals surface area contributed by atoms with Gasteiger partial charge in [0.2, 0.25) is 5.91 Å². The first-order chi connectivity index (χ1) is 14.5. The van der Waals surface area contributed by atoms with Gasteiger partial charge in [-0.25, -0.2) is 0 Å². The fourth-order valence-electron chi connectivity index (χ4n) is 2.55. The summed E-state index contributed by atoms with van der Waals surface area (Å²) < 4.78 is 13.1. The number of halogens is 1. The number of amides is 1. The van der Waals surface area contributed by atoms with Crippen LogP contribution in [0.5, 0.6) is 11.5 Å². The number of benzene rings is 2. The number of nitrogens with one attached hydrogen (secondary N) is 1. The van der Waals surface area contributed by atoms with Crippen molar-refractivity contribution in [2.75, 3.05) is 18.9 Å². The minimum atomic E-state index is -0.0929. The van der Waals surface area contributed by atoms with E-state index in [-0.39, 0.29) is 18.3 Å². The van der Waals surface area contributed by atoms with Crippen molar-refractivity contribution in [3.05, 3.63) is 64.9 Å². The molecule has 0 bridgehead atoms. The summed E-state index contributed by atoms with van der Waals surface area (Å²) in [7, 11) is 1.83. The molecule has 0 unspecified atom stereocenters. The minimum Gasteiger partial charge on any atom is -0.492 e. The third-order valence-corrected chi connectivity index (χ3v) is 5.47. The highest BCUT2D eigenvalue weighted by Gasteiger charge is 2.12. The molecule has 1 amide bonds. The van der Waals surface area contributed by atoms with E-state index in [0.29, 0.717) is 34.9 Å². The number of ether oxygens (including phenoxy) is 2. The lowest BCUT2D eigenvalue weighted by atomic mass is 10.2. The topological polar surface area (TPSA) is 78.3 Å². The van der Waals surface area contributed by atoms with E-state index in [9.17, 15) is 4.79 Å². The molecule has 1 N–H and O–H groups in total. The average molecular weight is 447 g/mol. The molecular formula is C21H23ClN4O3S. The number of aryl methyl sites for hydroxylation is 1.